The van der Waals surface area contributed by atoms with Crippen LogP contribution in [0.15, 0.2) is 24.8 Å². The van der Waals surface area contributed by atoms with Crippen LogP contribution in [0.5, 0.6) is 5.75 Å². The molecule has 0 aliphatic rings. The summed E-state index contributed by atoms with van der Waals surface area (Å²) in [7, 11) is 0. The van der Waals surface area contributed by atoms with Crippen molar-refractivity contribution in [2.24, 2.45) is 0 Å². The van der Waals surface area contributed by atoms with E-state index < -0.39 is 0 Å². The van der Waals surface area contributed by atoms with Gasteiger partial charge in [0.1, 0.15) is 5.75 Å². The number of unbranched alkanes of at least 4 members (excludes halogenated alkanes) is 1. The molecule has 0 fully saturated rings. The third-order valence-corrected chi connectivity index (χ3v) is 2.47. The molecule has 0 saturated carbocycles. The van der Waals surface area contributed by atoms with Crippen molar-refractivity contribution < 1.29 is 9.94 Å². The van der Waals surface area contributed by atoms with Crippen LogP contribution >= 0.6 is 11.6 Å². The Labute approximate surface area is 101 Å². The van der Waals surface area contributed by atoms with Crippen LogP contribution in [-0.4, -0.2) is 11.8 Å². The van der Waals surface area contributed by atoms with Crippen molar-refractivity contribution in [2.75, 3.05) is 6.61 Å². The van der Waals surface area contributed by atoms with Gasteiger partial charge < -0.3 is 4.74 Å². The van der Waals surface area contributed by atoms with E-state index in [9.17, 15) is 0 Å². The van der Waals surface area contributed by atoms with Crippen LogP contribution in [0, 0.1) is 0 Å². The van der Waals surface area contributed by atoms with Crippen molar-refractivity contribution in [3.8, 4) is 5.75 Å². The Bertz CT molecular complexity index is 366. The molecule has 0 amide bonds. The molecule has 0 radical (unpaired) electrons. The summed E-state index contributed by atoms with van der Waals surface area (Å²) in [5.41, 5.74) is 3.12. The number of hydrogen-bond acceptors (Lipinski definition) is 3. The molecule has 1 aromatic rings. The molecular weight excluding hydrogens is 226 g/mol. The topological polar surface area (TPSA) is 41.5 Å². The van der Waals surface area contributed by atoms with E-state index in [1.807, 2.05) is 5.48 Å². The standard InChI is InChI=1S/C12H16ClNO2/c1-3-4-7-16-12-6-5-10(8-11(12)13)9(2)14-15/h5-6,8,14-15H,2-4,7H2,1H3. The van der Waals surface area contributed by atoms with Gasteiger partial charge in [-0.2, -0.15) is 0 Å². The lowest BCUT2D eigenvalue weighted by atomic mass is 10.2. The van der Waals surface area contributed by atoms with Crippen molar-refractivity contribution >= 4 is 17.3 Å². The summed E-state index contributed by atoms with van der Waals surface area (Å²) in [6, 6.07) is 5.27. The molecule has 0 unspecified atom stereocenters. The largest absolute Gasteiger partial charge is 0.492 e. The second-order valence-corrected chi connectivity index (χ2v) is 3.84. The number of benzene rings is 1. The van der Waals surface area contributed by atoms with E-state index in [0.29, 0.717) is 23.1 Å². The average Bonchev–Trinajstić information content (AvgIpc) is 2.30. The maximum atomic E-state index is 8.70. The smallest absolute Gasteiger partial charge is 0.137 e. The SMILES string of the molecule is C=C(NO)c1ccc(OCCCC)c(Cl)c1. The predicted molar refractivity (Wildman–Crippen MR) is 65.8 cm³/mol. The van der Waals surface area contributed by atoms with E-state index in [4.69, 9.17) is 21.5 Å². The Morgan fingerprint density at radius 2 is 2.31 bits per heavy atom. The van der Waals surface area contributed by atoms with Gasteiger partial charge in [-0.1, -0.05) is 31.5 Å². The van der Waals surface area contributed by atoms with Gasteiger partial charge in [-0.15, -0.1) is 0 Å². The molecule has 1 aromatic carbocycles. The number of rotatable bonds is 6. The second-order valence-electron chi connectivity index (χ2n) is 3.44. The van der Waals surface area contributed by atoms with E-state index in [-0.39, 0.29) is 0 Å². The highest BCUT2D eigenvalue weighted by Gasteiger charge is 2.04. The molecule has 3 nitrogen and oxygen atoms in total. The molecule has 0 heterocycles. The maximum Gasteiger partial charge on any atom is 0.137 e. The molecule has 88 valence electrons. The van der Waals surface area contributed by atoms with E-state index in [2.05, 4.69) is 13.5 Å². The van der Waals surface area contributed by atoms with E-state index in [1.54, 1.807) is 18.2 Å². The van der Waals surface area contributed by atoms with E-state index >= 15 is 0 Å². The van der Waals surface area contributed by atoms with Gasteiger partial charge in [0.25, 0.3) is 0 Å². The lowest BCUT2D eigenvalue weighted by Crippen LogP contribution is -2.04. The summed E-state index contributed by atoms with van der Waals surface area (Å²) in [4.78, 5) is 0. The summed E-state index contributed by atoms with van der Waals surface area (Å²) in [6.07, 6.45) is 2.09. The third kappa shape index (κ3) is 3.43. The normalized spacial score (nSPS) is 9.94. The Morgan fingerprint density at radius 1 is 1.56 bits per heavy atom. The molecule has 0 bridgehead atoms. The molecular formula is C12H16ClNO2. The van der Waals surface area contributed by atoms with Gasteiger partial charge >= 0.3 is 0 Å². The second kappa shape index (κ2) is 6.40. The van der Waals surface area contributed by atoms with Crippen molar-refractivity contribution in [3.05, 3.63) is 35.4 Å². The summed E-state index contributed by atoms with van der Waals surface area (Å²) in [6.45, 7) is 6.39. The summed E-state index contributed by atoms with van der Waals surface area (Å²) in [5.74, 6) is 0.657. The van der Waals surface area contributed by atoms with Crippen LogP contribution < -0.4 is 10.2 Å². The van der Waals surface area contributed by atoms with Gasteiger partial charge in [-0.25, -0.2) is 0 Å². The summed E-state index contributed by atoms with van der Waals surface area (Å²) in [5, 5.41) is 9.22. The molecule has 0 saturated heterocycles. The fraction of sp³-hybridized carbons (Fsp3) is 0.333. The Hall–Kier alpha value is -1.19. The number of nitrogens with one attached hydrogen (secondary N) is 1. The van der Waals surface area contributed by atoms with Gasteiger partial charge in [0.05, 0.1) is 17.3 Å². The van der Waals surface area contributed by atoms with Crippen LogP contribution in [0.4, 0.5) is 0 Å². The maximum absolute atomic E-state index is 8.70. The summed E-state index contributed by atoms with van der Waals surface area (Å²) < 4.78 is 5.50. The zero-order chi connectivity index (χ0) is 12.0. The van der Waals surface area contributed by atoms with Gasteiger partial charge in [-0.3, -0.25) is 10.7 Å². The Kier molecular flexibility index (Phi) is 5.15. The zero-order valence-electron chi connectivity index (χ0n) is 9.29. The number of hydrogen-bond donors (Lipinski definition) is 2. The molecule has 1 rings (SSSR count). The van der Waals surface area contributed by atoms with Crippen LogP contribution in [0.2, 0.25) is 5.02 Å². The summed E-state index contributed by atoms with van der Waals surface area (Å²) >= 11 is 6.03. The van der Waals surface area contributed by atoms with Gasteiger partial charge in [-0.05, 0) is 24.6 Å². The highest BCUT2D eigenvalue weighted by molar-refractivity contribution is 6.32. The van der Waals surface area contributed by atoms with Gasteiger partial charge in [0.15, 0.2) is 0 Å². The minimum Gasteiger partial charge on any atom is -0.492 e. The van der Waals surface area contributed by atoms with Crippen molar-refractivity contribution in [3.63, 3.8) is 0 Å². The lowest BCUT2D eigenvalue weighted by molar-refractivity contribution is 0.225. The Balaban J connectivity index is 2.71. The van der Waals surface area contributed by atoms with Crippen molar-refractivity contribution in [1.82, 2.24) is 5.48 Å². The molecule has 16 heavy (non-hydrogen) atoms. The highest BCUT2D eigenvalue weighted by atomic mass is 35.5. The molecule has 0 atom stereocenters. The minimum absolute atomic E-state index is 0.405. The van der Waals surface area contributed by atoms with E-state index in [1.165, 1.54) is 0 Å². The molecule has 4 heteroatoms. The lowest BCUT2D eigenvalue weighted by Gasteiger charge is -2.09. The van der Waals surface area contributed by atoms with Gasteiger partial charge in [0.2, 0.25) is 0 Å². The number of hydroxylamine groups is 1. The molecule has 0 aliphatic carbocycles. The van der Waals surface area contributed by atoms with Crippen LogP contribution in [0.25, 0.3) is 5.70 Å². The average molecular weight is 242 g/mol. The first kappa shape index (κ1) is 12.9. The predicted octanol–water partition coefficient (Wildman–Crippen LogP) is 3.47. The van der Waals surface area contributed by atoms with Crippen molar-refractivity contribution in [1.29, 1.82) is 0 Å². The van der Waals surface area contributed by atoms with Crippen LogP contribution in [0.3, 0.4) is 0 Å². The monoisotopic (exact) mass is 241 g/mol. The van der Waals surface area contributed by atoms with Gasteiger partial charge in [0, 0.05) is 5.56 Å². The first-order valence-corrected chi connectivity index (χ1v) is 5.58. The minimum atomic E-state index is 0.405. The molecule has 0 spiro atoms. The van der Waals surface area contributed by atoms with Crippen LogP contribution in [0.1, 0.15) is 25.3 Å². The van der Waals surface area contributed by atoms with Crippen molar-refractivity contribution in [2.45, 2.75) is 19.8 Å². The van der Waals surface area contributed by atoms with E-state index in [0.717, 1.165) is 18.4 Å². The first-order chi connectivity index (χ1) is 7.69. The number of ether oxygens (including phenoxy) is 1. The number of halogens is 1. The zero-order valence-corrected chi connectivity index (χ0v) is 10.0. The third-order valence-electron chi connectivity index (χ3n) is 2.17. The fourth-order valence-electron chi connectivity index (χ4n) is 1.20. The molecule has 0 aliphatic heterocycles. The molecule has 0 aromatic heterocycles. The molecule has 2 N–H and O–H groups in total. The fourth-order valence-corrected chi connectivity index (χ4v) is 1.43. The first-order valence-electron chi connectivity index (χ1n) is 5.20. The van der Waals surface area contributed by atoms with Crippen LogP contribution in [-0.2, 0) is 0 Å². The highest BCUT2D eigenvalue weighted by Crippen LogP contribution is 2.27. The Morgan fingerprint density at radius 3 is 2.88 bits per heavy atom. The quantitative estimate of drug-likeness (QED) is 0.592.